The average molecular weight is 239 g/mol. The van der Waals surface area contributed by atoms with E-state index in [9.17, 15) is 13.6 Å². The van der Waals surface area contributed by atoms with E-state index in [4.69, 9.17) is 0 Å². The molecule has 92 valence electrons. The lowest BCUT2D eigenvalue weighted by Gasteiger charge is -2.24. The van der Waals surface area contributed by atoms with Crippen LogP contribution in [0.3, 0.4) is 0 Å². The van der Waals surface area contributed by atoms with Gasteiger partial charge in [0.2, 0.25) is 0 Å². The first-order valence-electron chi connectivity index (χ1n) is 5.79. The molecule has 0 spiro atoms. The molecule has 0 aromatic heterocycles. The highest BCUT2D eigenvalue weighted by Crippen LogP contribution is 2.24. The molecule has 0 saturated heterocycles. The molecule has 2 nitrogen and oxygen atoms in total. The van der Waals surface area contributed by atoms with Gasteiger partial charge in [-0.15, -0.1) is 0 Å². The van der Waals surface area contributed by atoms with Crippen LogP contribution in [0.4, 0.5) is 8.78 Å². The molecular formula is C13H15F2NO. The molecule has 0 radical (unpaired) electrons. The Morgan fingerprint density at radius 3 is 2.76 bits per heavy atom. The van der Waals surface area contributed by atoms with Crippen molar-refractivity contribution in [2.24, 2.45) is 5.92 Å². The minimum atomic E-state index is -2.91. The molecule has 1 aliphatic rings. The Morgan fingerprint density at radius 1 is 1.35 bits per heavy atom. The first-order valence-corrected chi connectivity index (χ1v) is 5.79. The van der Waals surface area contributed by atoms with Gasteiger partial charge in [-0.25, -0.2) is 0 Å². The monoisotopic (exact) mass is 239 g/mol. The number of fused-ring (bicyclic) bond motifs is 1. The van der Waals surface area contributed by atoms with Crippen LogP contribution in [0.5, 0.6) is 0 Å². The van der Waals surface area contributed by atoms with E-state index >= 15 is 0 Å². The number of aryl methyl sites for hydroxylation is 1. The third-order valence-corrected chi connectivity index (χ3v) is 3.21. The number of hydrogen-bond acceptors (Lipinski definition) is 1. The number of hydrogen-bond donors (Lipinski definition) is 1. The molecule has 0 bridgehead atoms. The van der Waals surface area contributed by atoms with E-state index in [-0.39, 0.29) is 5.92 Å². The minimum absolute atomic E-state index is 0.271. The third-order valence-electron chi connectivity index (χ3n) is 3.21. The number of amides is 1. The van der Waals surface area contributed by atoms with Crippen LogP contribution in [0, 0.1) is 5.92 Å². The zero-order valence-corrected chi connectivity index (χ0v) is 9.46. The van der Waals surface area contributed by atoms with Gasteiger partial charge in [0.1, 0.15) is 0 Å². The number of alkyl halides is 2. The standard InChI is InChI=1S/C13H15F2NO/c14-12(15)13(17)16-8-9-5-6-10-3-1-2-4-11(10)7-9/h1-4,9,12H,5-8H2,(H,16,17)/t9-/m0/s1. The number of rotatable bonds is 3. The lowest BCUT2D eigenvalue weighted by Crippen LogP contribution is -2.35. The first kappa shape index (κ1) is 12.0. The molecular weight excluding hydrogens is 224 g/mol. The summed E-state index contributed by atoms with van der Waals surface area (Å²) in [6, 6.07) is 8.16. The smallest absolute Gasteiger partial charge is 0.315 e. The predicted octanol–water partition coefficient (Wildman–Crippen LogP) is 2.17. The van der Waals surface area contributed by atoms with Gasteiger partial charge in [0, 0.05) is 6.54 Å². The Morgan fingerprint density at radius 2 is 2.06 bits per heavy atom. The summed E-state index contributed by atoms with van der Waals surface area (Å²) in [5, 5.41) is 2.29. The zero-order chi connectivity index (χ0) is 12.3. The lowest BCUT2D eigenvalue weighted by molar-refractivity contribution is -0.131. The molecule has 0 heterocycles. The van der Waals surface area contributed by atoms with Gasteiger partial charge in [-0.1, -0.05) is 24.3 Å². The van der Waals surface area contributed by atoms with Gasteiger partial charge in [-0.05, 0) is 36.3 Å². The maximum Gasteiger partial charge on any atom is 0.315 e. The van der Waals surface area contributed by atoms with Gasteiger partial charge in [-0.2, -0.15) is 8.78 Å². The molecule has 1 aromatic rings. The molecule has 1 atom stereocenters. The van der Waals surface area contributed by atoms with Crippen LogP contribution in [0.1, 0.15) is 17.5 Å². The summed E-state index contributed by atoms with van der Waals surface area (Å²) in [5.74, 6) is -0.892. The molecule has 1 aliphatic carbocycles. The highest BCUT2D eigenvalue weighted by molar-refractivity contribution is 5.79. The maximum atomic E-state index is 12.0. The molecule has 1 N–H and O–H groups in total. The van der Waals surface area contributed by atoms with Crippen molar-refractivity contribution in [1.29, 1.82) is 0 Å². The van der Waals surface area contributed by atoms with E-state index in [2.05, 4.69) is 17.4 Å². The van der Waals surface area contributed by atoms with Crippen LogP contribution in [-0.2, 0) is 17.6 Å². The third kappa shape index (κ3) is 3.02. The molecule has 1 aromatic carbocycles. The minimum Gasteiger partial charge on any atom is -0.351 e. The Bertz CT molecular complexity index is 406. The highest BCUT2D eigenvalue weighted by atomic mass is 19.3. The number of halogens is 2. The fraction of sp³-hybridized carbons (Fsp3) is 0.462. The van der Waals surface area contributed by atoms with E-state index in [1.165, 1.54) is 11.1 Å². The zero-order valence-electron chi connectivity index (χ0n) is 9.46. The summed E-state index contributed by atoms with van der Waals surface area (Å²) < 4.78 is 24.0. The number of nitrogens with one attached hydrogen (secondary N) is 1. The van der Waals surface area contributed by atoms with Crippen molar-refractivity contribution in [2.75, 3.05) is 6.54 Å². The van der Waals surface area contributed by atoms with Gasteiger partial charge in [-0.3, -0.25) is 4.79 Å². The van der Waals surface area contributed by atoms with Crippen molar-refractivity contribution in [3.05, 3.63) is 35.4 Å². The summed E-state index contributed by atoms with van der Waals surface area (Å²) in [5.41, 5.74) is 2.61. The number of benzene rings is 1. The van der Waals surface area contributed by atoms with Crippen LogP contribution in [0.25, 0.3) is 0 Å². The van der Waals surface area contributed by atoms with Crippen molar-refractivity contribution in [2.45, 2.75) is 25.7 Å². The SMILES string of the molecule is O=C(NC[C@H]1CCc2ccccc2C1)C(F)F. The molecule has 0 unspecified atom stereocenters. The molecule has 0 saturated carbocycles. The van der Waals surface area contributed by atoms with Gasteiger partial charge < -0.3 is 5.32 Å². The molecule has 2 rings (SSSR count). The summed E-state index contributed by atoms with van der Waals surface area (Å²) >= 11 is 0. The topological polar surface area (TPSA) is 29.1 Å². The van der Waals surface area contributed by atoms with Crippen molar-refractivity contribution in [3.63, 3.8) is 0 Å². The molecule has 17 heavy (non-hydrogen) atoms. The van der Waals surface area contributed by atoms with Gasteiger partial charge in [0.05, 0.1) is 0 Å². The summed E-state index contributed by atoms with van der Waals surface area (Å²) in [4.78, 5) is 10.8. The number of carbonyl (C=O) groups excluding carboxylic acids is 1. The van der Waals surface area contributed by atoms with Crippen molar-refractivity contribution in [3.8, 4) is 0 Å². The Hall–Kier alpha value is -1.45. The Kier molecular flexibility index (Phi) is 3.71. The van der Waals surface area contributed by atoms with E-state index in [1.54, 1.807) is 0 Å². The normalized spacial score (nSPS) is 18.9. The summed E-state index contributed by atoms with van der Waals surface area (Å²) in [6.07, 6.45) is -0.142. The second-order valence-corrected chi connectivity index (χ2v) is 4.42. The molecule has 0 aliphatic heterocycles. The second-order valence-electron chi connectivity index (χ2n) is 4.42. The lowest BCUT2D eigenvalue weighted by atomic mass is 9.84. The van der Waals surface area contributed by atoms with Crippen LogP contribution >= 0.6 is 0 Å². The predicted molar refractivity (Wildman–Crippen MR) is 61.0 cm³/mol. The van der Waals surface area contributed by atoms with E-state index in [1.807, 2.05) is 12.1 Å². The summed E-state index contributed by atoms with van der Waals surface area (Å²) in [7, 11) is 0. The van der Waals surface area contributed by atoms with Gasteiger partial charge in [0.25, 0.3) is 5.91 Å². The largest absolute Gasteiger partial charge is 0.351 e. The van der Waals surface area contributed by atoms with E-state index < -0.39 is 12.3 Å². The molecule has 0 fully saturated rings. The van der Waals surface area contributed by atoms with Gasteiger partial charge in [0.15, 0.2) is 0 Å². The molecule has 4 heteroatoms. The highest BCUT2D eigenvalue weighted by Gasteiger charge is 2.20. The van der Waals surface area contributed by atoms with Gasteiger partial charge >= 0.3 is 6.43 Å². The van der Waals surface area contributed by atoms with E-state index in [0.29, 0.717) is 6.54 Å². The second kappa shape index (κ2) is 5.25. The maximum absolute atomic E-state index is 12.0. The van der Waals surface area contributed by atoms with Crippen LogP contribution in [0.15, 0.2) is 24.3 Å². The van der Waals surface area contributed by atoms with Crippen molar-refractivity contribution >= 4 is 5.91 Å². The van der Waals surface area contributed by atoms with E-state index in [0.717, 1.165) is 19.3 Å². The van der Waals surface area contributed by atoms with Crippen molar-refractivity contribution < 1.29 is 13.6 Å². The quantitative estimate of drug-likeness (QED) is 0.860. The first-order chi connectivity index (χ1) is 8.16. The van der Waals surface area contributed by atoms with Crippen LogP contribution in [-0.4, -0.2) is 18.9 Å². The number of carbonyl (C=O) groups is 1. The summed E-state index contributed by atoms with van der Waals surface area (Å²) in [6.45, 7) is 0.345. The van der Waals surface area contributed by atoms with Crippen LogP contribution in [0.2, 0.25) is 0 Å². The fourth-order valence-electron chi connectivity index (χ4n) is 2.27. The Labute approximate surface area is 99.0 Å². The average Bonchev–Trinajstić information content (AvgIpc) is 2.35. The molecule has 1 amide bonds. The van der Waals surface area contributed by atoms with Crippen molar-refractivity contribution in [1.82, 2.24) is 5.32 Å². The Balaban J connectivity index is 1.88. The fourth-order valence-corrected chi connectivity index (χ4v) is 2.27. The van der Waals surface area contributed by atoms with Crippen LogP contribution < -0.4 is 5.32 Å².